The van der Waals surface area contributed by atoms with E-state index in [1.54, 1.807) is 27.8 Å². The van der Waals surface area contributed by atoms with Crippen LogP contribution in [-0.4, -0.2) is 48.4 Å². The first-order valence-electron chi connectivity index (χ1n) is 10.7. The smallest absolute Gasteiger partial charge is 0.247 e. The summed E-state index contributed by atoms with van der Waals surface area (Å²) < 4.78 is 3.48. The van der Waals surface area contributed by atoms with Crippen molar-refractivity contribution in [3.05, 3.63) is 48.5 Å². The predicted molar refractivity (Wildman–Crippen MR) is 122 cm³/mol. The lowest BCUT2D eigenvalue weighted by Crippen LogP contribution is -2.34. The molecule has 5 rings (SSSR count). The molecule has 10 heteroatoms. The molecule has 0 unspecified atom stereocenters. The largest absolute Gasteiger partial charge is 0.326 e. The molecule has 4 aromatic rings. The number of nitrogens with one attached hydrogen (secondary N) is 3. The van der Waals surface area contributed by atoms with E-state index in [4.69, 9.17) is 0 Å². The zero-order chi connectivity index (χ0) is 22.1. The summed E-state index contributed by atoms with van der Waals surface area (Å²) in [6.45, 7) is 3.76. The van der Waals surface area contributed by atoms with Crippen LogP contribution in [0.3, 0.4) is 0 Å². The van der Waals surface area contributed by atoms with Crippen molar-refractivity contribution < 1.29 is 4.79 Å². The number of hydrogen-bond donors (Lipinski definition) is 3. The summed E-state index contributed by atoms with van der Waals surface area (Å²) in [7, 11) is 1.87. The number of fused-ring (bicyclic) bond motifs is 1. The van der Waals surface area contributed by atoms with Crippen LogP contribution in [0.15, 0.2) is 43.0 Å². The summed E-state index contributed by atoms with van der Waals surface area (Å²) in [5.41, 5.74) is 4.99. The van der Waals surface area contributed by atoms with Gasteiger partial charge in [-0.25, -0.2) is 4.52 Å². The van der Waals surface area contributed by atoms with E-state index < -0.39 is 0 Å². The number of carbonyl (C=O) groups is 1. The van der Waals surface area contributed by atoms with Crippen LogP contribution in [0.5, 0.6) is 0 Å². The molecule has 0 saturated carbocycles. The van der Waals surface area contributed by atoms with E-state index in [0.717, 1.165) is 54.1 Å². The highest BCUT2D eigenvalue weighted by Gasteiger charge is 2.21. The first kappa shape index (κ1) is 20.1. The SMILES string of the molecule is Cc1cc(Nc2nc3cncc(-c4cnn(C)c4)n3n2)ccc1NC(=O)C1CCNCC1. The number of amides is 1. The number of piperidine rings is 1. The summed E-state index contributed by atoms with van der Waals surface area (Å²) in [5, 5.41) is 18.4. The predicted octanol–water partition coefficient (Wildman–Crippen LogP) is 2.51. The monoisotopic (exact) mass is 431 g/mol. The molecule has 1 aromatic carbocycles. The van der Waals surface area contributed by atoms with Gasteiger partial charge in [-0.1, -0.05) is 0 Å². The molecule has 1 fully saturated rings. The average Bonchev–Trinajstić information content (AvgIpc) is 3.41. The van der Waals surface area contributed by atoms with Crippen LogP contribution in [0, 0.1) is 12.8 Å². The second-order valence-corrected chi connectivity index (χ2v) is 8.07. The maximum absolute atomic E-state index is 12.6. The molecule has 3 N–H and O–H groups in total. The summed E-state index contributed by atoms with van der Waals surface area (Å²) >= 11 is 0. The Morgan fingerprint density at radius 1 is 1.19 bits per heavy atom. The minimum atomic E-state index is 0.0678. The average molecular weight is 432 g/mol. The van der Waals surface area contributed by atoms with Crippen LogP contribution >= 0.6 is 0 Å². The lowest BCUT2D eigenvalue weighted by molar-refractivity contribution is -0.120. The molecule has 1 aliphatic rings. The minimum Gasteiger partial charge on any atom is -0.326 e. The van der Waals surface area contributed by atoms with Gasteiger partial charge in [0.15, 0.2) is 5.65 Å². The van der Waals surface area contributed by atoms with Crippen LogP contribution in [0.4, 0.5) is 17.3 Å². The number of aromatic nitrogens is 6. The number of carbonyl (C=O) groups excluding carboxylic acids is 1. The highest BCUT2D eigenvalue weighted by molar-refractivity contribution is 5.93. The third kappa shape index (κ3) is 4.04. The molecule has 0 atom stereocenters. The van der Waals surface area contributed by atoms with Gasteiger partial charge >= 0.3 is 0 Å². The minimum absolute atomic E-state index is 0.0678. The Hall–Kier alpha value is -3.79. The van der Waals surface area contributed by atoms with E-state index in [1.807, 2.05) is 38.4 Å². The number of nitrogens with zero attached hydrogens (tertiary/aromatic N) is 6. The van der Waals surface area contributed by atoms with Crippen molar-refractivity contribution in [2.24, 2.45) is 13.0 Å². The van der Waals surface area contributed by atoms with Gasteiger partial charge in [-0.3, -0.25) is 14.5 Å². The van der Waals surface area contributed by atoms with Gasteiger partial charge in [-0.05, 0) is 56.6 Å². The van der Waals surface area contributed by atoms with Crippen LogP contribution in [0.2, 0.25) is 0 Å². The lowest BCUT2D eigenvalue weighted by Gasteiger charge is -2.22. The molecule has 0 spiro atoms. The molecule has 0 bridgehead atoms. The van der Waals surface area contributed by atoms with E-state index >= 15 is 0 Å². The quantitative estimate of drug-likeness (QED) is 0.445. The third-order valence-electron chi connectivity index (χ3n) is 5.70. The lowest BCUT2D eigenvalue weighted by atomic mass is 9.97. The van der Waals surface area contributed by atoms with Crippen molar-refractivity contribution >= 4 is 28.9 Å². The highest BCUT2D eigenvalue weighted by Crippen LogP contribution is 2.24. The maximum Gasteiger partial charge on any atom is 0.247 e. The second kappa shape index (κ2) is 8.39. The van der Waals surface area contributed by atoms with E-state index in [2.05, 4.69) is 36.1 Å². The van der Waals surface area contributed by atoms with Crippen molar-refractivity contribution in [2.45, 2.75) is 19.8 Å². The van der Waals surface area contributed by atoms with Crippen LogP contribution < -0.4 is 16.0 Å². The molecule has 32 heavy (non-hydrogen) atoms. The van der Waals surface area contributed by atoms with Crippen molar-refractivity contribution in [1.82, 2.24) is 34.7 Å². The van der Waals surface area contributed by atoms with E-state index in [0.29, 0.717) is 11.6 Å². The van der Waals surface area contributed by atoms with Crippen molar-refractivity contribution in [2.75, 3.05) is 23.7 Å². The third-order valence-corrected chi connectivity index (χ3v) is 5.70. The van der Waals surface area contributed by atoms with Crippen molar-refractivity contribution in [1.29, 1.82) is 0 Å². The molecule has 4 heterocycles. The molecule has 1 amide bonds. The fraction of sp³-hybridized carbons (Fsp3) is 0.318. The Bertz CT molecular complexity index is 1270. The van der Waals surface area contributed by atoms with Gasteiger partial charge in [0.25, 0.3) is 0 Å². The highest BCUT2D eigenvalue weighted by atomic mass is 16.1. The molecule has 3 aromatic heterocycles. The van der Waals surface area contributed by atoms with E-state index in [9.17, 15) is 4.79 Å². The van der Waals surface area contributed by atoms with Crippen molar-refractivity contribution in [3.8, 4) is 11.3 Å². The Kier molecular flexibility index (Phi) is 5.28. The number of aryl methyl sites for hydroxylation is 2. The standard InChI is InChI=1S/C22H25N9O/c1-14-9-17(3-4-18(14)27-21(32)15-5-7-23-8-6-15)26-22-28-20-12-24-11-19(31(20)29-22)16-10-25-30(2)13-16/h3-4,9-13,15,23H,5-8H2,1-2H3,(H,26,29)(H,27,32). The Labute approximate surface area is 185 Å². The van der Waals surface area contributed by atoms with Gasteiger partial charge in [0.1, 0.15) is 0 Å². The number of rotatable bonds is 5. The van der Waals surface area contributed by atoms with Crippen LogP contribution in [0.1, 0.15) is 18.4 Å². The van der Waals surface area contributed by atoms with E-state index in [1.165, 1.54) is 0 Å². The second-order valence-electron chi connectivity index (χ2n) is 8.07. The van der Waals surface area contributed by atoms with Gasteiger partial charge in [0.2, 0.25) is 11.9 Å². The Balaban J connectivity index is 1.34. The number of benzene rings is 1. The molecule has 164 valence electrons. The first-order valence-corrected chi connectivity index (χ1v) is 10.7. The molecule has 1 saturated heterocycles. The number of hydrogen-bond acceptors (Lipinski definition) is 7. The summed E-state index contributed by atoms with van der Waals surface area (Å²) in [6.07, 6.45) is 8.84. The normalized spacial score (nSPS) is 14.6. The molecule has 0 radical (unpaired) electrons. The van der Waals surface area contributed by atoms with Gasteiger partial charge in [-0.2, -0.15) is 10.1 Å². The van der Waals surface area contributed by atoms with Crippen LogP contribution in [0.25, 0.3) is 16.9 Å². The van der Waals surface area contributed by atoms with E-state index in [-0.39, 0.29) is 11.8 Å². The summed E-state index contributed by atoms with van der Waals surface area (Å²) in [6, 6.07) is 5.80. The van der Waals surface area contributed by atoms with Gasteiger partial charge in [0.05, 0.1) is 24.3 Å². The molecule has 10 nitrogen and oxygen atoms in total. The summed E-state index contributed by atoms with van der Waals surface area (Å²) in [5.74, 6) is 0.625. The summed E-state index contributed by atoms with van der Waals surface area (Å²) in [4.78, 5) is 21.4. The topological polar surface area (TPSA) is 114 Å². The number of anilines is 3. The zero-order valence-electron chi connectivity index (χ0n) is 18.0. The van der Waals surface area contributed by atoms with Crippen molar-refractivity contribution in [3.63, 3.8) is 0 Å². The van der Waals surface area contributed by atoms with Gasteiger partial charge < -0.3 is 16.0 Å². The zero-order valence-corrected chi connectivity index (χ0v) is 18.0. The fourth-order valence-corrected chi connectivity index (χ4v) is 3.95. The maximum atomic E-state index is 12.6. The van der Waals surface area contributed by atoms with Crippen LogP contribution in [-0.2, 0) is 11.8 Å². The van der Waals surface area contributed by atoms with Gasteiger partial charge in [-0.15, -0.1) is 5.10 Å². The Morgan fingerprint density at radius 2 is 2.03 bits per heavy atom. The fourth-order valence-electron chi connectivity index (χ4n) is 3.95. The molecular weight excluding hydrogens is 406 g/mol. The molecular formula is C22H25N9O. The molecule has 0 aliphatic carbocycles. The van der Waals surface area contributed by atoms with Gasteiger partial charge in [0, 0.05) is 36.1 Å². The Morgan fingerprint density at radius 3 is 2.78 bits per heavy atom. The first-order chi connectivity index (χ1) is 15.6. The molecule has 1 aliphatic heterocycles.